The Labute approximate surface area is 105 Å². The Morgan fingerprint density at radius 1 is 1.11 bits per heavy atom. The van der Waals surface area contributed by atoms with Crippen LogP contribution in [0.3, 0.4) is 0 Å². The second-order valence-electron chi connectivity index (χ2n) is 4.95. The second kappa shape index (κ2) is 4.12. The molecule has 3 nitrogen and oxygen atoms in total. The number of nitrogens with zero attached hydrogens (tertiary/aromatic N) is 1. The summed E-state index contributed by atoms with van der Waals surface area (Å²) in [4.78, 5) is 4.58. The Hall–Kier alpha value is -1.84. The third kappa shape index (κ3) is 1.68. The highest BCUT2D eigenvalue weighted by Crippen LogP contribution is 2.40. The minimum Gasteiger partial charge on any atom is -0.396 e. The van der Waals surface area contributed by atoms with Crippen LogP contribution in [0.25, 0.3) is 10.9 Å². The molecule has 0 unspecified atom stereocenters. The molecule has 2 atom stereocenters. The molecule has 1 fully saturated rings. The van der Waals surface area contributed by atoms with Crippen molar-refractivity contribution in [2.24, 2.45) is 0 Å². The Morgan fingerprint density at radius 3 is 2.61 bits per heavy atom. The van der Waals surface area contributed by atoms with Crippen LogP contribution in [0.15, 0.2) is 24.3 Å². The zero-order valence-corrected chi connectivity index (χ0v) is 10.1. The number of nitrogen functional groups attached to an aromatic ring is 2. The highest BCUT2D eigenvalue weighted by molar-refractivity contribution is 5.96. The molecule has 1 saturated carbocycles. The molecule has 3 rings (SSSR count). The molecule has 0 radical (unpaired) electrons. The SMILES string of the molecule is Nc1c([C@H]2CC[C@@H](F)C2)nc2ccccc2c1N. The van der Waals surface area contributed by atoms with Gasteiger partial charge >= 0.3 is 0 Å². The number of halogens is 1. The summed E-state index contributed by atoms with van der Waals surface area (Å²) in [7, 11) is 0. The molecular weight excluding hydrogens is 229 g/mol. The summed E-state index contributed by atoms with van der Waals surface area (Å²) < 4.78 is 13.3. The molecule has 0 spiro atoms. The number of hydrogen-bond donors (Lipinski definition) is 2. The van der Waals surface area contributed by atoms with Gasteiger partial charge in [-0.15, -0.1) is 0 Å². The fraction of sp³-hybridized carbons (Fsp3) is 0.357. The first-order valence-electron chi connectivity index (χ1n) is 6.24. The summed E-state index contributed by atoms with van der Waals surface area (Å²) in [5.41, 5.74) is 14.8. The molecule has 0 bridgehead atoms. The number of hydrogen-bond acceptors (Lipinski definition) is 3. The van der Waals surface area contributed by atoms with Crippen LogP contribution in [0.1, 0.15) is 30.9 Å². The largest absolute Gasteiger partial charge is 0.396 e. The topological polar surface area (TPSA) is 64.9 Å². The van der Waals surface area contributed by atoms with Crippen LogP contribution in [0.5, 0.6) is 0 Å². The van der Waals surface area contributed by atoms with Gasteiger partial charge in [0.2, 0.25) is 0 Å². The number of pyridine rings is 1. The summed E-state index contributed by atoms with van der Waals surface area (Å²) in [6.07, 6.45) is 1.17. The fourth-order valence-electron chi connectivity index (χ4n) is 2.76. The predicted octanol–water partition coefficient (Wildman–Crippen LogP) is 3.00. The van der Waals surface area contributed by atoms with Gasteiger partial charge < -0.3 is 11.5 Å². The lowest BCUT2D eigenvalue weighted by Crippen LogP contribution is -2.07. The van der Waals surface area contributed by atoms with E-state index in [1.807, 2.05) is 24.3 Å². The third-order valence-electron chi connectivity index (χ3n) is 3.76. The van der Waals surface area contributed by atoms with Crippen molar-refractivity contribution in [3.8, 4) is 0 Å². The standard InChI is InChI=1S/C14H16FN3/c15-9-6-5-8(7-9)14-13(17)12(16)10-3-1-2-4-11(10)18-14/h1-4,8-9H,5-7,17H2,(H2,16,18)/t8-,9+/m0/s1. The van der Waals surface area contributed by atoms with Crippen LogP contribution >= 0.6 is 0 Å². The number of nitrogens with two attached hydrogens (primary N) is 2. The number of alkyl halides is 1. The molecule has 94 valence electrons. The van der Waals surface area contributed by atoms with Gasteiger partial charge in [0.25, 0.3) is 0 Å². The minimum absolute atomic E-state index is 0.104. The van der Waals surface area contributed by atoms with Crippen LogP contribution in [0.4, 0.5) is 15.8 Å². The Bertz CT molecular complexity index is 597. The van der Waals surface area contributed by atoms with Gasteiger partial charge in [-0.25, -0.2) is 4.39 Å². The van der Waals surface area contributed by atoms with Crippen LogP contribution < -0.4 is 11.5 Å². The van der Waals surface area contributed by atoms with Crippen molar-refractivity contribution in [3.05, 3.63) is 30.0 Å². The van der Waals surface area contributed by atoms with Gasteiger partial charge in [-0.05, 0) is 25.3 Å². The second-order valence-corrected chi connectivity index (χ2v) is 4.95. The number of para-hydroxylation sites is 1. The molecule has 4 heteroatoms. The van der Waals surface area contributed by atoms with E-state index in [2.05, 4.69) is 4.98 Å². The van der Waals surface area contributed by atoms with Crippen molar-refractivity contribution in [1.82, 2.24) is 4.98 Å². The first kappa shape index (κ1) is 11.3. The highest BCUT2D eigenvalue weighted by atomic mass is 19.1. The first-order valence-corrected chi connectivity index (χ1v) is 6.24. The molecule has 0 amide bonds. The quantitative estimate of drug-likeness (QED) is 0.811. The van der Waals surface area contributed by atoms with Gasteiger partial charge in [-0.2, -0.15) is 0 Å². The monoisotopic (exact) mass is 245 g/mol. The smallest absolute Gasteiger partial charge is 0.101 e. The van der Waals surface area contributed by atoms with Gasteiger partial charge in [-0.3, -0.25) is 4.98 Å². The molecule has 18 heavy (non-hydrogen) atoms. The molecule has 1 aromatic heterocycles. The summed E-state index contributed by atoms with van der Waals surface area (Å²) in [6.45, 7) is 0. The maximum atomic E-state index is 13.3. The molecule has 0 saturated heterocycles. The number of fused-ring (bicyclic) bond motifs is 1. The van der Waals surface area contributed by atoms with Gasteiger partial charge in [0.1, 0.15) is 6.17 Å². The average Bonchev–Trinajstić information content (AvgIpc) is 2.80. The van der Waals surface area contributed by atoms with Crippen molar-refractivity contribution in [2.75, 3.05) is 11.5 Å². The van der Waals surface area contributed by atoms with E-state index in [0.29, 0.717) is 24.2 Å². The maximum Gasteiger partial charge on any atom is 0.101 e. The van der Waals surface area contributed by atoms with E-state index in [4.69, 9.17) is 11.5 Å². The summed E-state index contributed by atoms with van der Waals surface area (Å²) in [6, 6.07) is 7.65. The molecular formula is C14H16FN3. The van der Waals surface area contributed by atoms with E-state index < -0.39 is 6.17 Å². The average molecular weight is 245 g/mol. The van der Waals surface area contributed by atoms with Gasteiger partial charge in [0, 0.05) is 11.3 Å². The normalized spacial score (nSPS) is 23.6. The van der Waals surface area contributed by atoms with E-state index in [0.717, 1.165) is 23.0 Å². The summed E-state index contributed by atoms with van der Waals surface area (Å²) >= 11 is 0. The van der Waals surface area contributed by atoms with Crippen LogP contribution in [0.2, 0.25) is 0 Å². The van der Waals surface area contributed by atoms with Crippen LogP contribution in [0, 0.1) is 0 Å². The molecule has 1 aliphatic carbocycles. The number of benzene rings is 1. The zero-order chi connectivity index (χ0) is 12.7. The molecule has 4 N–H and O–H groups in total. The molecule has 2 aromatic rings. The summed E-state index contributed by atoms with van der Waals surface area (Å²) in [5.74, 6) is 0.104. The van der Waals surface area contributed by atoms with E-state index >= 15 is 0 Å². The molecule has 1 aromatic carbocycles. The van der Waals surface area contributed by atoms with Crippen molar-refractivity contribution < 1.29 is 4.39 Å². The van der Waals surface area contributed by atoms with Crippen molar-refractivity contribution in [2.45, 2.75) is 31.4 Å². The van der Waals surface area contributed by atoms with E-state index in [1.165, 1.54) is 0 Å². The number of aromatic nitrogens is 1. The van der Waals surface area contributed by atoms with E-state index in [-0.39, 0.29) is 5.92 Å². The van der Waals surface area contributed by atoms with Crippen molar-refractivity contribution >= 4 is 22.3 Å². The lowest BCUT2D eigenvalue weighted by atomic mass is 9.99. The highest BCUT2D eigenvalue weighted by Gasteiger charge is 2.29. The first-order chi connectivity index (χ1) is 8.66. The van der Waals surface area contributed by atoms with Crippen LogP contribution in [-0.2, 0) is 0 Å². The van der Waals surface area contributed by atoms with E-state index in [1.54, 1.807) is 0 Å². The Balaban J connectivity index is 2.15. The lowest BCUT2D eigenvalue weighted by molar-refractivity contribution is 0.339. The molecule has 1 aliphatic rings. The van der Waals surface area contributed by atoms with Crippen molar-refractivity contribution in [3.63, 3.8) is 0 Å². The van der Waals surface area contributed by atoms with E-state index in [9.17, 15) is 4.39 Å². The molecule has 0 aliphatic heterocycles. The van der Waals surface area contributed by atoms with Gasteiger partial charge in [-0.1, -0.05) is 18.2 Å². The predicted molar refractivity (Wildman–Crippen MR) is 72.1 cm³/mol. The lowest BCUT2D eigenvalue weighted by Gasteiger charge is -2.15. The minimum atomic E-state index is -0.733. The van der Waals surface area contributed by atoms with Gasteiger partial charge in [0.05, 0.1) is 22.6 Å². The fourth-order valence-corrected chi connectivity index (χ4v) is 2.76. The summed E-state index contributed by atoms with van der Waals surface area (Å²) in [5, 5.41) is 0.869. The maximum absolute atomic E-state index is 13.3. The zero-order valence-electron chi connectivity index (χ0n) is 10.1. The van der Waals surface area contributed by atoms with Crippen LogP contribution in [-0.4, -0.2) is 11.2 Å². The molecule has 1 heterocycles. The Kier molecular flexibility index (Phi) is 2.58. The van der Waals surface area contributed by atoms with Crippen molar-refractivity contribution in [1.29, 1.82) is 0 Å². The Morgan fingerprint density at radius 2 is 1.89 bits per heavy atom. The third-order valence-corrected chi connectivity index (χ3v) is 3.76. The van der Waals surface area contributed by atoms with Gasteiger partial charge in [0.15, 0.2) is 0 Å². The number of rotatable bonds is 1. The number of anilines is 2.